The summed E-state index contributed by atoms with van der Waals surface area (Å²) < 4.78 is 18.3. The number of halogens is 2. The molecule has 0 spiro atoms. The third kappa shape index (κ3) is 4.52. The molecule has 0 radical (unpaired) electrons. The van der Waals surface area contributed by atoms with E-state index < -0.39 is 11.8 Å². The SMILES string of the molecule is CC(C)NC(=O)Nc1nocc1C(=Nc1ccc(F)c(Br)c1)NO. The molecule has 10 heteroatoms. The molecule has 2 rings (SSSR count). The number of urea groups is 1. The normalized spacial score (nSPS) is 11.5. The van der Waals surface area contributed by atoms with Crippen LogP contribution in [-0.4, -0.2) is 28.3 Å². The summed E-state index contributed by atoms with van der Waals surface area (Å²) in [6, 6.07) is 3.52. The van der Waals surface area contributed by atoms with E-state index in [0.29, 0.717) is 5.69 Å². The van der Waals surface area contributed by atoms with Crippen molar-refractivity contribution in [2.45, 2.75) is 19.9 Å². The Hall–Kier alpha value is -2.46. The van der Waals surface area contributed by atoms with Crippen LogP contribution in [0.1, 0.15) is 19.4 Å². The zero-order valence-electron chi connectivity index (χ0n) is 12.8. The monoisotopic (exact) mass is 399 g/mol. The zero-order valence-corrected chi connectivity index (χ0v) is 14.4. The maximum Gasteiger partial charge on any atom is 0.320 e. The first-order valence-corrected chi connectivity index (χ1v) is 7.66. The summed E-state index contributed by atoms with van der Waals surface area (Å²) in [6.45, 7) is 3.61. The number of hydrogen-bond donors (Lipinski definition) is 4. The van der Waals surface area contributed by atoms with E-state index in [1.165, 1.54) is 24.5 Å². The lowest BCUT2D eigenvalue weighted by Gasteiger charge is -2.09. The summed E-state index contributed by atoms with van der Waals surface area (Å²) in [5.41, 5.74) is 2.49. The lowest BCUT2D eigenvalue weighted by atomic mass is 10.3. The van der Waals surface area contributed by atoms with E-state index in [-0.39, 0.29) is 27.7 Å². The third-order valence-corrected chi connectivity index (χ3v) is 3.33. The number of rotatable bonds is 4. The molecule has 0 aliphatic rings. The Balaban J connectivity index is 2.28. The number of hydrogen-bond acceptors (Lipinski definition) is 5. The number of aromatic nitrogens is 1. The molecule has 4 N–H and O–H groups in total. The van der Waals surface area contributed by atoms with Gasteiger partial charge in [0.15, 0.2) is 11.7 Å². The first-order valence-electron chi connectivity index (χ1n) is 6.86. The summed E-state index contributed by atoms with van der Waals surface area (Å²) in [5.74, 6) is -0.408. The standard InChI is InChI=1S/C14H15BrFN5O3/c1-7(2)17-14(22)19-13-9(6-24-21-13)12(20-23)18-8-3-4-11(16)10(15)5-8/h3-7,23H,1-2H3,(H,18,20)(H2,17,19,21,22). The smallest absolute Gasteiger partial charge is 0.320 e. The van der Waals surface area contributed by atoms with Gasteiger partial charge in [-0.25, -0.2) is 14.2 Å². The Morgan fingerprint density at radius 1 is 1.46 bits per heavy atom. The highest BCUT2D eigenvalue weighted by Crippen LogP contribution is 2.23. The first-order chi connectivity index (χ1) is 11.4. The van der Waals surface area contributed by atoms with Gasteiger partial charge in [-0.15, -0.1) is 0 Å². The minimum Gasteiger partial charge on any atom is -0.362 e. The number of hydroxylamine groups is 1. The molecule has 1 heterocycles. The van der Waals surface area contributed by atoms with Crippen LogP contribution in [0, 0.1) is 5.82 Å². The van der Waals surface area contributed by atoms with Crippen molar-refractivity contribution in [1.82, 2.24) is 16.0 Å². The second-order valence-electron chi connectivity index (χ2n) is 5.00. The molecule has 1 aromatic heterocycles. The number of amidine groups is 1. The van der Waals surface area contributed by atoms with Gasteiger partial charge in [0.25, 0.3) is 0 Å². The van der Waals surface area contributed by atoms with E-state index >= 15 is 0 Å². The van der Waals surface area contributed by atoms with Gasteiger partial charge in [0.2, 0.25) is 0 Å². The lowest BCUT2D eigenvalue weighted by Crippen LogP contribution is -2.35. The van der Waals surface area contributed by atoms with Crippen LogP contribution in [0.4, 0.5) is 20.7 Å². The van der Waals surface area contributed by atoms with Crippen LogP contribution >= 0.6 is 15.9 Å². The van der Waals surface area contributed by atoms with Crippen LogP contribution in [0.2, 0.25) is 0 Å². The van der Waals surface area contributed by atoms with Crippen molar-refractivity contribution < 1.29 is 18.9 Å². The third-order valence-electron chi connectivity index (χ3n) is 2.73. The zero-order chi connectivity index (χ0) is 17.7. The molecule has 2 amide bonds. The molecule has 24 heavy (non-hydrogen) atoms. The molecule has 0 aliphatic heterocycles. The summed E-state index contributed by atoms with van der Waals surface area (Å²) in [4.78, 5) is 15.9. The topological polar surface area (TPSA) is 112 Å². The molecule has 0 atom stereocenters. The average Bonchev–Trinajstić information content (AvgIpc) is 2.95. The number of nitrogens with zero attached hydrogens (tertiary/aromatic N) is 2. The van der Waals surface area contributed by atoms with E-state index in [2.05, 4.69) is 36.7 Å². The van der Waals surface area contributed by atoms with E-state index in [1.54, 1.807) is 13.8 Å². The highest BCUT2D eigenvalue weighted by molar-refractivity contribution is 9.10. The van der Waals surface area contributed by atoms with Crippen molar-refractivity contribution in [3.05, 3.63) is 40.3 Å². The lowest BCUT2D eigenvalue weighted by molar-refractivity contribution is 0.235. The highest BCUT2D eigenvalue weighted by atomic mass is 79.9. The number of carbonyl (C=O) groups is 1. The molecule has 128 valence electrons. The number of nitrogens with one attached hydrogen (secondary N) is 3. The molecule has 0 bridgehead atoms. The van der Waals surface area contributed by atoms with Crippen LogP contribution in [0.25, 0.3) is 0 Å². The van der Waals surface area contributed by atoms with E-state index in [0.717, 1.165) is 0 Å². The van der Waals surface area contributed by atoms with Crippen LogP contribution < -0.4 is 16.1 Å². The second kappa shape index (κ2) is 7.88. The van der Waals surface area contributed by atoms with Gasteiger partial charge in [0, 0.05) is 6.04 Å². The van der Waals surface area contributed by atoms with Gasteiger partial charge in [0.05, 0.1) is 10.2 Å². The van der Waals surface area contributed by atoms with Gasteiger partial charge in [-0.2, -0.15) is 0 Å². The Kier molecular flexibility index (Phi) is 5.88. The number of anilines is 1. The van der Waals surface area contributed by atoms with Crippen molar-refractivity contribution >= 4 is 39.3 Å². The molecule has 0 saturated carbocycles. The van der Waals surface area contributed by atoms with Gasteiger partial charge in [0.1, 0.15) is 17.6 Å². The Morgan fingerprint density at radius 3 is 2.83 bits per heavy atom. The minimum atomic E-state index is -0.484. The molecule has 1 aromatic carbocycles. The Morgan fingerprint density at radius 2 is 2.21 bits per heavy atom. The maximum atomic E-state index is 13.3. The van der Waals surface area contributed by atoms with Gasteiger partial charge in [-0.3, -0.25) is 16.0 Å². The predicted octanol–water partition coefficient (Wildman–Crippen LogP) is 3.16. The fourth-order valence-electron chi connectivity index (χ4n) is 1.73. The quantitative estimate of drug-likeness (QED) is 0.358. The molecule has 0 saturated heterocycles. The fraction of sp³-hybridized carbons (Fsp3) is 0.214. The maximum absolute atomic E-state index is 13.3. The average molecular weight is 400 g/mol. The molecule has 0 aliphatic carbocycles. The fourth-order valence-corrected chi connectivity index (χ4v) is 2.10. The summed E-state index contributed by atoms with van der Waals surface area (Å²) in [5, 5.41) is 18.1. The molecule has 0 fully saturated rings. The van der Waals surface area contributed by atoms with E-state index in [4.69, 9.17) is 4.52 Å². The Bertz CT molecular complexity index is 763. The first kappa shape index (κ1) is 17.9. The number of benzene rings is 1. The van der Waals surface area contributed by atoms with Crippen LogP contribution in [0.3, 0.4) is 0 Å². The number of amides is 2. The molecule has 2 aromatic rings. The van der Waals surface area contributed by atoms with Crippen molar-refractivity contribution in [3.63, 3.8) is 0 Å². The number of aliphatic imine (C=N–C) groups is 1. The summed E-state index contributed by atoms with van der Waals surface area (Å²) >= 11 is 3.05. The summed E-state index contributed by atoms with van der Waals surface area (Å²) in [7, 11) is 0. The van der Waals surface area contributed by atoms with Gasteiger partial charge in [-0.1, -0.05) is 5.16 Å². The molecular formula is C14H15BrFN5O3. The minimum absolute atomic E-state index is 0.0328. The van der Waals surface area contributed by atoms with Crippen LogP contribution in [0.5, 0.6) is 0 Å². The van der Waals surface area contributed by atoms with Crippen molar-refractivity contribution in [3.8, 4) is 0 Å². The molecule has 0 unspecified atom stereocenters. The number of carbonyl (C=O) groups excluding carboxylic acids is 1. The van der Waals surface area contributed by atoms with Gasteiger partial charge < -0.3 is 9.84 Å². The summed E-state index contributed by atoms with van der Waals surface area (Å²) in [6.07, 6.45) is 1.20. The van der Waals surface area contributed by atoms with Gasteiger partial charge >= 0.3 is 6.03 Å². The van der Waals surface area contributed by atoms with E-state index in [1.807, 2.05) is 5.48 Å². The van der Waals surface area contributed by atoms with Crippen LogP contribution in [-0.2, 0) is 0 Å². The van der Waals surface area contributed by atoms with E-state index in [9.17, 15) is 14.4 Å². The van der Waals surface area contributed by atoms with Crippen molar-refractivity contribution in [2.75, 3.05) is 5.32 Å². The van der Waals surface area contributed by atoms with Crippen LogP contribution in [0.15, 0.2) is 38.5 Å². The van der Waals surface area contributed by atoms with Gasteiger partial charge in [-0.05, 0) is 48.0 Å². The largest absolute Gasteiger partial charge is 0.362 e. The Labute approximate surface area is 145 Å². The molecule has 8 nitrogen and oxygen atoms in total. The van der Waals surface area contributed by atoms with Crippen molar-refractivity contribution in [1.29, 1.82) is 0 Å². The highest BCUT2D eigenvalue weighted by Gasteiger charge is 2.17. The molecular weight excluding hydrogens is 385 g/mol. The van der Waals surface area contributed by atoms with Crippen molar-refractivity contribution in [2.24, 2.45) is 4.99 Å². The predicted molar refractivity (Wildman–Crippen MR) is 89.0 cm³/mol. The second-order valence-corrected chi connectivity index (χ2v) is 5.85.